The van der Waals surface area contributed by atoms with Crippen LogP contribution in [0.3, 0.4) is 0 Å². The van der Waals surface area contributed by atoms with Crippen molar-refractivity contribution in [3.8, 4) is 0 Å². The maximum atomic E-state index is 11.9. The summed E-state index contributed by atoms with van der Waals surface area (Å²) in [7, 11) is 0. The fourth-order valence-corrected chi connectivity index (χ4v) is 2.01. The van der Waals surface area contributed by atoms with E-state index in [1.54, 1.807) is 27.7 Å². The third kappa shape index (κ3) is 8.64. The summed E-state index contributed by atoms with van der Waals surface area (Å²) in [6, 6.07) is 0. The number of ether oxygens (including phenoxy) is 4. The molecular formula is C18H28O8. The van der Waals surface area contributed by atoms with E-state index in [1.807, 2.05) is 0 Å². The molecule has 0 spiro atoms. The Morgan fingerprint density at radius 3 is 1.00 bits per heavy atom. The van der Waals surface area contributed by atoms with Crippen molar-refractivity contribution in [1.29, 1.82) is 0 Å². The molecule has 0 atom stereocenters. The second-order valence-corrected chi connectivity index (χ2v) is 5.06. The average Bonchev–Trinajstić information content (AvgIpc) is 2.58. The van der Waals surface area contributed by atoms with Gasteiger partial charge in [-0.2, -0.15) is 0 Å². The number of hydrogen-bond donors (Lipinski definition) is 0. The van der Waals surface area contributed by atoms with Gasteiger partial charge in [0.2, 0.25) is 0 Å². The molecule has 0 aliphatic rings. The number of allylic oxidation sites excluding steroid dienone is 2. The Morgan fingerprint density at radius 1 is 0.577 bits per heavy atom. The molecule has 0 fully saturated rings. The Hall–Kier alpha value is -2.38. The molecule has 0 aliphatic heterocycles. The number of rotatable bonds is 12. The molecule has 0 aromatic heterocycles. The van der Waals surface area contributed by atoms with E-state index >= 15 is 0 Å². The summed E-state index contributed by atoms with van der Waals surface area (Å²) in [5, 5.41) is 0. The highest BCUT2D eigenvalue weighted by atomic mass is 16.6. The first-order valence-electron chi connectivity index (χ1n) is 8.74. The van der Waals surface area contributed by atoms with Gasteiger partial charge in [-0.3, -0.25) is 19.2 Å². The molecule has 0 amide bonds. The highest BCUT2D eigenvalue weighted by molar-refractivity contribution is 5.95. The predicted octanol–water partition coefficient (Wildman–Crippen LogP) is 1.81. The van der Waals surface area contributed by atoms with Gasteiger partial charge in [-0.1, -0.05) is 12.2 Å². The van der Waals surface area contributed by atoms with Crippen LogP contribution in [0.2, 0.25) is 0 Å². The summed E-state index contributed by atoms with van der Waals surface area (Å²) in [6.45, 7) is 7.13. The van der Waals surface area contributed by atoms with Crippen molar-refractivity contribution in [3.63, 3.8) is 0 Å². The van der Waals surface area contributed by atoms with E-state index in [4.69, 9.17) is 18.9 Å². The largest absolute Gasteiger partial charge is 0.465 e. The molecule has 0 radical (unpaired) electrons. The first kappa shape index (κ1) is 23.6. The highest BCUT2D eigenvalue weighted by Crippen LogP contribution is 2.14. The Kier molecular flexibility index (Phi) is 12.6. The second kappa shape index (κ2) is 13.9. The first-order valence-corrected chi connectivity index (χ1v) is 8.74. The molecule has 148 valence electrons. The van der Waals surface area contributed by atoms with Gasteiger partial charge in [-0.05, 0) is 40.5 Å². The Labute approximate surface area is 153 Å². The van der Waals surface area contributed by atoms with Crippen LogP contribution < -0.4 is 0 Å². The molecular weight excluding hydrogens is 344 g/mol. The SMILES string of the molecule is CCOC(=O)C(C/C=C\CC(C(=O)OCC)C(=O)OCC)C(=O)OCC. The molecule has 8 nitrogen and oxygen atoms in total. The van der Waals surface area contributed by atoms with Crippen molar-refractivity contribution >= 4 is 23.9 Å². The van der Waals surface area contributed by atoms with Gasteiger partial charge in [0.05, 0.1) is 26.4 Å². The Balaban J connectivity index is 4.93. The average molecular weight is 372 g/mol. The van der Waals surface area contributed by atoms with Gasteiger partial charge < -0.3 is 18.9 Å². The number of carbonyl (C=O) groups is 4. The molecule has 0 aliphatic carbocycles. The van der Waals surface area contributed by atoms with Gasteiger partial charge >= 0.3 is 23.9 Å². The lowest BCUT2D eigenvalue weighted by Gasteiger charge is -2.13. The minimum Gasteiger partial charge on any atom is -0.465 e. The van der Waals surface area contributed by atoms with E-state index in [0.717, 1.165) is 0 Å². The van der Waals surface area contributed by atoms with Crippen molar-refractivity contribution < 1.29 is 38.1 Å². The molecule has 0 saturated carbocycles. The summed E-state index contributed by atoms with van der Waals surface area (Å²) in [5.74, 6) is -4.89. The minimum absolute atomic E-state index is 0.0377. The van der Waals surface area contributed by atoms with E-state index in [9.17, 15) is 19.2 Å². The van der Waals surface area contributed by atoms with Crippen LogP contribution in [-0.4, -0.2) is 50.3 Å². The molecule has 0 heterocycles. The molecule has 0 saturated heterocycles. The molecule has 0 aromatic rings. The third-order valence-electron chi connectivity index (χ3n) is 3.19. The van der Waals surface area contributed by atoms with Crippen molar-refractivity contribution in [1.82, 2.24) is 0 Å². The van der Waals surface area contributed by atoms with Crippen LogP contribution in [0.1, 0.15) is 40.5 Å². The first-order chi connectivity index (χ1) is 12.4. The monoisotopic (exact) mass is 372 g/mol. The summed E-state index contributed by atoms with van der Waals surface area (Å²) < 4.78 is 19.5. The molecule has 0 N–H and O–H groups in total. The summed E-state index contributed by atoms with van der Waals surface area (Å²) >= 11 is 0. The summed E-state index contributed by atoms with van der Waals surface area (Å²) in [4.78, 5) is 47.5. The van der Waals surface area contributed by atoms with E-state index in [2.05, 4.69) is 0 Å². The lowest BCUT2D eigenvalue weighted by atomic mass is 10.0. The predicted molar refractivity (Wildman–Crippen MR) is 91.9 cm³/mol. The van der Waals surface area contributed by atoms with Crippen molar-refractivity contribution in [3.05, 3.63) is 12.2 Å². The quantitative estimate of drug-likeness (QED) is 0.221. The van der Waals surface area contributed by atoms with E-state index in [0.29, 0.717) is 0 Å². The second-order valence-electron chi connectivity index (χ2n) is 5.06. The summed E-state index contributed by atoms with van der Waals surface area (Å²) in [5.41, 5.74) is 0. The number of hydrogen-bond acceptors (Lipinski definition) is 8. The third-order valence-corrected chi connectivity index (χ3v) is 3.19. The lowest BCUT2D eigenvalue weighted by molar-refractivity contribution is -0.163. The van der Waals surface area contributed by atoms with Gasteiger partial charge in [0, 0.05) is 0 Å². The molecule has 26 heavy (non-hydrogen) atoms. The Morgan fingerprint density at radius 2 is 0.808 bits per heavy atom. The van der Waals surface area contributed by atoms with Gasteiger partial charge in [0.25, 0.3) is 0 Å². The van der Waals surface area contributed by atoms with Gasteiger partial charge in [0.1, 0.15) is 0 Å². The van der Waals surface area contributed by atoms with Gasteiger partial charge in [-0.15, -0.1) is 0 Å². The normalized spacial score (nSPS) is 10.8. The van der Waals surface area contributed by atoms with Gasteiger partial charge in [0.15, 0.2) is 11.8 Å². The van der Waals surface area contributed by atoms with E-state index < -0.39 is 35.7 Å². The van der Waals surface area contributed by atoms with Crippen LogP contribution >= 0.6 is 0 Å². The van der Waals surface area contributed by atoms with E-state index in [1.165, 1.54) is 12.2 Å². The van der Waals surface area contributed by atoms with Crippen LogP contribution in [0.5, 0.6) is 0 Å². The number of carbonyl (C=O) groups excluding carboxylic acids is 4. The van der Waals surface area contributed by atoms with Crippen LogP contribution in [0, 0.1) is 11.8 Å². The van der Waals surface area contributed by atoms with Crippen molar-refractivity contribution in [2.45, 2.75) is 40.5 Å². The standard InChI is InChI=1S/C18H28O8/c1-5-23-15(19)13(16(20)24-6-2)11-9-10-12-14(17(21)25-7-3)18(22)26-8-4/h9-10,13-14H,5-8,11-12H2,1-4H3/b10-9-. The highest BCUT2D eigenvalue weighted by Gasteiger charge is 2.30. The minimum atomic E-state index is -1.09. The fourth-order valence-electron chi connectivity index (χ4n) is 2.01. The zero-order valence-electron chi connectivity index (χ0n) is 15.8. The zero-order valence-corrected chi connectivity index (χ0v) is 15.8. The van der Waals surface area contributed by atoms with Crippen LogP contribution in [0.4, 0.5) is 0 Å². The maximum Gasteiger partial charge on any atom is 0.320 e. The smallest absolute Gasteiger partial charge is 0.320 e. The Bertz CT molecular complexity index is 417. The van der Waals surface area contributed by atoms with Crippen LogP contribution in [0.25, 0.3) is 0 Å². The van der Waals surface area contributed by atoms with Crippen molar-refractivity contribution in [2.75, 3.05) is 26.4 Å². The lowest BCUT2D eigenvalue weighted by Crippen LogP contribution is -2.28. The van der Waals surface area contributed by atoms with Gasteiger partial charge in [-0.25, -0.2) is 0 Å². The van der Waals surface area contributed by atoms with Crippen LogP contribution in [0.15, 0.2) is 12.2 Å². The van der Waals surface area contributed by atoms with E-state index in [-0.39, 0.29) is 39.3 Å². The summed E-state index contributed by atoms with van der Waals surface area (Å²) in [6.07, 6.45) is 3.14. The molecule has 8 heteroatoms. The number of esters is 4. The fraction of sp³-hybridized carbons (Fsp3) is 0.667. The topological polar surface area (TPSA) is 105 Å². The molecule has 0 rings (SSSR count). The van der Waals surface area contributed by atoms with Crippen molar-refractivity contribution in [2.24, 2.45) is 11.8 Å². The van der Waals surface area contributed by atoms with Crippen LogP contribution in [-0.2, 0) is 38.1 Å². The molecule has 0 unspecified atom stereocenters. The zero-order chi connectivity index (χ0) is 19.9. The molecule has 0 aromatic carbocycles. The molecule has 0 bridgehead atoms. The maximum absolute atomic E-state index is 11.9.